The molecule has 0 fully saturated rings. The third kappa shape index (κ3) is 2.56. The smallest absolute Gasteiger partial charge is 0.227 e. The van der Waals surface area contributed by atoms with Gasteiger partial charge in [-0.25, -0.2) is 0 Å². The number of hydrogen-bond acceptors (Lipinski definition) is 3. The number of rotatable bonds is 3. The fourth-order valence-corrected chi connectivity index (χ4v) is 2.01. The van der Waals surface area contributed by atoms with Gasteiger partial charge in [0.1, 0.15) is 0 Å². The molecule has 0 saturated heterocycles. The lowest BCUT2D eigenvalue weighted by atomic mass is 10.2. The van der Waals surface area contributed by atoms with E-state index in [1.165, 1.54) is 0 Å². The van der Waals surface area contributed by atoms with Crippen molar-refractivity contribution in [2.75, 3.05) is 5.32 Å². The van der Waals surface area contributed by atoms with E-state index in [4.69, 9.17) is 5.73 Å². The number of aryl methyl sites for hydroxylation is 1. The van der Waals surface area contributed by atoms with Crippen molar-refractivity contribution >= 4 is 22.2 Å². The van der Waals surface area contributed by atoms with Crippen molar-refractivity contribution in [1.29, 1.82) is 0 Å². The summed E-state index contributed by atoms with van der Waals surface area (Å²) in [7, 11) is 0. The number of nitrogens with two attached hydrogens (primary N) is 1. The molecule has 0 saturated carbocycles. The maximum atomic E-state index is 11.4. The third-order valence-electron chi connectivity index (χ3n) is 1.98. The minimum absolute atomic E-state index is 0.0127. The summed E-state index contributed by atoms with van der Waals surface area (Å²) in [5.41, 5.74) is 6.70. The van der Waals surface area contributed by atoms with E-state index in [9.17, 15) is 4.79 Å². The molecule has 1 amide bonds. The molecule has 0 spiro atoms. The fourth-order valence-electron chi connectivity index (χ4n) is 1.05. The van der Waals surface area contributed by atoms with Gasteiger partial charge in [0.2, 0.25) is 5.91 Å². The lowest BCUT2D eigenvalue weighted by Gasteiger charge is -2.03. The van der Waals surface area contributed by atoms with Crippen molar-refractivity contribution in [1.82, 2.24) is 0 Å². The average Bonchev–Trinajstić information content (AvgIpc) is 2.45. The molecule has 1 heterocycles. The lowest BCUT2D eigenvalue weighted by molar-refractivity contribution is -0.118. The minimum atomic E-state index is 0.0127. The Hall–Kier alpha value is -0.870. The van der Waals surface area contributed by atoms with Crippen LogP contribution in [-0.4, -0.2) is 5.91 Å². The molecule has 1 aromatic rings. The molecule has 3 N–H and O–H groups in total. The summed E-state index contributed by atoms with van der Waals surface area (Å²) >= 11 is 1.55. The van der Waals surface area contributed by atoms with Crippen LogP contribution in [0.25, 0.3) is 0 Å². The van der Waals surface area contributed by atoms with Crippen molar-refractivity contribution in [3.8, 4) is 0 Å². The molecule has 3 nitrogen and oxygen atoms in total. The molecule has 1 rings (SSSR count). The van der Waals surface area contributed by atoms with Gasteiger partial charge >= 0.3 is 0 Å². The van der Waals surface area contributed by atoms with Gasteiger partial charge in [-0.05, 0) is 18.6 Å². The molecule has 0 unspecified atom stereocenters. The molecule has 4 heteroatoms. The van der Waals surface area contributed by atoms with Gasteiger partial charge in [0.05, 0.1) is 5.00 Å². The molecular weight excluding hydrogens is 196 g/mol. The van der Waals surface area contributed by atoms with E-state index < -0.39 is 0 Å². The first kappa shape index (κ1) is 11.2. The SMILES string of the molecule is Cc1cc(NC(=O)C(C)C)sc1CN. The summed E-state index contributed by atoms with van der Waals surface area (Å²) in [6.45, 7) is 6.29. The number of amides is 1. The Bertz CT molecular complexity index is 331. The van der Waals surface area contributed by atoms with Gasteiger partial charge in [-0.1, -0.05) is 13.8 Å². The van der Waals surface area contributed by atoms with Gasteiger partial charge < -0.3 is 11.1 Å². The number of hydrogen-bond donors (Lipinski definition) is 2. The van der Waals surface area contributed by atoms with Gasteiger partial charge in [0.25, 0.3) is 0 Å². The Labute approximate surface area is 88.3 Å². The zero-order valence-corrected chi connectivity index (χ0v) is 9.57. The molecule has 0 aliphatic rings. The Morgan fingerprint density at radius 1 is 1.64 bits per heavy atom. The summed E-state index contributed by atoms with van der Waals surface area (Å²) in [5, 5.41) is 3.75. The number of thiophene rings is 1. The van der Waals surface area contributed by atoms with Crippen LogP contribution >= 0.6 is 11.3 Å². The molecule has 0 radical (unpaired) electrons. The Balaban J connectivity index is 2.73. The van der Waals surface area contributed by atoms with Gasteiger partial charge in [-0.3, -0.25) is 4.79 Å². The summed E-state index contributed by atoms with van der Waals surface area (Å²) in [4.78, 5) is 12.5. The van der Waals surface area contributed by atoms with Crippen molar-refractivity contribution < 1.29 is 4.79 Å². The third-order valence-corrected chi connectivity index (χ3v) is 3.15. The van der Waals surface area contributed by atoms with E-state index in [1.54, 1.807) is 11.3 Å². The van der Waals surface area contributed by atoms with Crippen LogP contribution in [0.5, 0.6) is 0 Å². The Morgan fingerprint density at radius 2 is 2.29 bits per heavy atom. The standard InChI is InChI=1S/C10H16N2OS/c1-6(2)10(13)12-9-4-7(3)8(5-11)14-9/h4,6H,5,11H2,1-3H3,(H,12,13). The quantitative estimate of drug-likeness (QED) is 0.806. The van der Waals surface area contributed by atoms with Crippen LogP contribution in [0, 0.1) is 12.8 Å². The molecule has 1 aromatic heterocycles. The summed E-state index contributed by atoms with van der Waals surface area (Å²) in [6.07, 6.45) is 0. The molecule has 0 aliphatic carbocycles. The number of carbonyl (C=O) groups is 1. The molecule has 78 valence electrons. The van der Waals surface area contributed by atoms with Crippen LogP contribution in [0.2, 0.25) is 0 Å². The molecule has 14 heavy (non-hydrogen) atoms. The predicted octanol–water partition coefficient (Wildman–Crippen LogP) is 2.11. The second-order valence-electron chi connectivity index (χ2n) is 3.56. The average molecular weight is 212 g/mol. The van der Waals surface area contributed by atoms with Gasteiger partial charge in [0, 0.05) is 17.3 Å². The van der Waals surface area contributed by atoms with Crippen LogP contribution in [0.3, 0.4) is 0 Å². The number of carbonyl (C=O) groups excluding carboxylic acids is 1. The summed E-state index contributed by atoms with van der Waals surface area (Å²) < 4.78 is 0. The Morgan fingerprint density at radius 3 is 2.71 bits per heavy atom. The lowest BCUT2D eigenvalue weighted by Crippen LogP contribution is -2.16. The summed E-state index contributed by atoms with van der Waals surface area (Å²) in [6, 6.07) is 1.97. The van der Waals surface area contributed by atoms with Crippen molar-refractivity contribution in [3.63, 3.8) is 0 Å². The van der Waals surface area contributed by atoms with Crippen molar-refractivity contribution in [2.24, 2.45) is 11.7 Å². The van der Waals surface area contributed by atoms with E-state index in [1.807, 2.05) is 26.8 Å². The second kappa shape index (κ2) is 4.57. The van der Waals surface area contributed by atoms with Crippen LogP contribution in [0.4, 0.5) is 5.00 Å². The molecule has 0 aromatic carbocycles. The predicted molar refractivity (Wildman–Crippen MR) is 60.4 cm³/mol. The first-order valence-electron chi connectivity index (χ1n) is 4.64. The van der Waals surface area contributed by atoms with Crippen molar-refractivity contribution in [3.05, 3.63) is 16.5 Å². The van der Waals surface area contributed by atoms with Crippen LogP contribution in [0.15, 0.2) is 6.07 Å². The molecule has 0 aliphatic heterocycles. The molecular formula is C10H16N2OS. The maximum absolute atomic E-state index is 11.4. The first-order valence-corrected chi connectivity index (χ1v) is 5.46. The normalized spacial score (nSPS) is 10.6. The minimum Gasteiger partial charge on any atom is -0.326 e. The summed E-state index contributed by atoms with van der Waals surface area (Å²) in [5.74, 6) is 0.0635. The highest BCUT2D eigenvalue weighted by atomic mass is 32.1. The van der Waals surface area contributed by atoms with Crippen LogP contribution < -0.4 is 11.1 Å². The van der Waals surface area contributed by atoms with E-state index in [-0.39, 0.29) is 11.8 Å². The Kier molecular flexibility index (Phi) is 3.66. The van der Waals surface area contributed by atoms with E-state index >= 15 is 0 Å². The highest BCUT2D eigenvalue weighted by Gasteiger charge is 2.10. The maximum Gasteiger partial charge on any atom is 0.227 e. The van der Waals surface area contributed by atoms with E-state index in [0.29, 0.717) is 6.54 Å². The van der Waals surface area contributed by atoms with Gasteiger partial charge in [0.15, 0.2) is 0 Å². The van der Waals surface area contributed by atoms with Crippen LogP contribution in [0.1, 0.15) is 24.3 Å². The van der Waals surface area contributed by atoms with E-state index in [2.05, 4.69) is 5.32 Å². The monoisotopic (exact) mass is 212 g/mol. The van der Waals surface area contributed by atoms with Gasteiger partial charge in [-0.2, -0.15) is 0 Å². The number of nitrogens with one attached hydrogen (secondary N) is 1. The fraction of sp³-hybridized carbons (Fsp3) is 0.500. The second-order valence-corrected chi connectivity index (χ2v) is 4.70. The zero-order valence-electron chi connectivity index (χ0n) is 8.76. The highest BCUT2D eigenvalue weighted by Crippen LogP contribution is 2.26. The van der Waals surface area contributed by atoms with Gasteiger partial charge in [-0.15, -0.1) is 11.3 Å². The van der Waals surface area contributed by atoms with E-state index in [0.717, 1.165) is 15.4 Å². The topological polar surface area (TPSA) is 55.1 Å². The highest BCUT2D eigenvalue weighted by molar-refractivity contribution is 7.16. The van der Waals surface area contributed by atoms with Crippen LogP contribution in [-0.2, 0) is 11.3 Å². The number of anilines is 1. The molecule has 0 bridgehead atoms. The zero-order chi connectivity index (χ0) is 10.7. The molecule has 0 atom stereocenters. The first-order chi connectivity index (χ1) is 6.54. The van der Waals surface area contributed by atoms with Crippen molar-refractivity contribution in [2.45, 2.75) is 27.3 Å². The largest absolute Gasteiger partial charge is 0.326 e.